The summed E-state index contributed by atoms with van der Waals surface area (Å²) in [7, 11) is 1.40. The molecule has 0 aliphatic rings. The van der Waals surface area contributed by atoms with Crippen molar-refractivity contribution in [3.63, 3.8) is 0 Å². The largest absolute Gasteiger partial charge is 0.493 e. The fourth-order valence-corrected chi connectivity index (χ4v) is 2.44. The van der Waals surface area contributed by atoms with E-state index in [1.807, 2.05) is 6.07 Å². The maximum absolute atomic E-state index is 14.7. The number of aromatic nitrogens is 1. The van der Waals surface area contributed by atoms with Crippen LogP contribution in [-0.2, 0) is 0 Å². The van der Waals surface area contributed by atoms with Gasteiger partial charge in [0, 0.05) is 16.5 Å². The molecule has 3 aromatic rings. The molecule has 0 N–H and O–H groups in total. The van der Waals surface area contributed by atoms with Crippen LogP contribution in [0.15, 0.2) is 48.5 Å². The van der Waals surface area contributed by atoms with Gasteiger partial charge in [0.25, 0.3) is 5.24 Å². The van der Waals surface area contributed by atoms with Gasteiger partial charge in [-0.1, -0.05) is 30.3 Å². The van der Waals surface area contributed by atoms with Gasteiger partial charge < -0.3 is 4.74 Å². The van der Waals surface area contributed by atoms with E-state index in [0.717, 1.165) is 0 Å². The first-order valence-electron chi connectivity index (χ1n) is 6.54. The molecular weight excluding hydrogens is 305 g/mol. The van der Waals surface area contributed by atoms with Gasteiger partial charge in [-0.25, -0.2) is 9.37 Å². The van der Waals surface area contributed by atoms with Crippen LogP contribution in [0.25, 0.3) is 22.2 Å². The molecule has 0 saturated heterocycles. The van der Waals surface area contributed by atoms with Gasteiger partial charge in [-0.15, -0.1) is 0 Å². The summed E-state index contributed by atoms with van der Waals surface area (Å²) in [5, 5.41) is -0.102. The normalized spacial score (nSPS) is 10.7. The lowest BCUT2D eigenvalue weighted by Gasteiger charge is -2.11. The molecule has 0 fully saturated rings. The first kappa shape index (κ1) is 14.5. The summed E-state index contributed by atoms with van der Waals surface area (Å²) in [6.45, 7) is 0. The molecule has 0 spiro atoms. The number of methoxy groups -OCH3 is 1. The van der Waals surface area contributed by atoms with Crippen LogP contribution in [0.4, 0.5) is 4.39 Å². The Kier molecular flexibility index (Phi) is 3.77. The Bertz CT molecular complexity index is 865. The van der Waals surface area contributed by atoms with Crippen LogP contribution in [0.1, 0.15) is 10.4 Å². The van der Waals surface area contributed by atoms with Crippen LogP contribution in [0, 0.1) is 5.82 Å². The third kappa shape index (κ3) is 2.42. The van der Waals surface area contributed by atoms with Gasteiger partial charge >= 0.3 is 0 Å². The van der Waals surface area contributed by atoms with Crippen LogP contribution >= 0.6 is 11.6 Å². The van der Waals surface area contributed by atoms with E-state index in [2.05, 4.69) is 4.98 Å². The van der Waals surface area contributed by atoms with E-state index in [4.69, 9.17) is 16.3 Å². The molecule has 0 aliphatic heterocycles. The molecule has 5 heteroatoms. The number of halogens is 2. The van der Waals surface area contributed by atoms with Crippen LogP contribution in [-0.4, -0.2) is 17.3 Å². The topological polar surface area (TPSA) is 39.2 Å². The van der Waals surface area contributed by atoms with Gasteiger partial charge in [0.15, 0.2) is 11.6 Å². The van der Waals surface area contributed by atoms with Gasteiger partial charge in [0.05, 0.1) is 12.6 Å². The second-order valence-electron chi connectivity index (χ2n) is 4.68. The number of rotatable bonds is 3. The fraction of sp³-hybridized carbons (Fsp3) is 0.0588. The zero-order valence-electron chi connectivity index (χ0n) is 11.6. The number of hydrogen-bond acceptors (Lipinski definition) is 3. The Labute approximate surface area is 131 Å². The lowest BCUT2D eigenvalue weighted by molar-refractivity contribution is 0.108. The van der Waals surface area contributed by atoms with Gasteiger partial charge in [-0.2, -0.15) is 0 Å². The van der Waals surface area contributed by atoms with Crippen LogP contribution in [0.2, 0.25) is 0 Å². The van der Waals surface area contributed by atoms with Gasteiger partial charge in [-0.3, -0.25) is 4.79 Å². The number of carbonyl (C=O) groups excluding carboxylic acids is 1. The molecular formula is C17H11ClFNO2. The second-order valence-corrected chi connectivity index (χ2v) is 5.02. The Hall–Kier alpha value is -2.46. The van der Waals surface area contributed by atoms with Crippen molar-refractivity contribution in [2.75, 3.05) is 7.11 Å². The van der Waals surface area contributed by atoms with E-state index in [0.29, 0.717) is 22.0 Å². The summed E-state index contributed by atoms with van der Waals surface area (Å²) in [4.78, 5) is 15.6. The molecule has 3 nitrogen and oxygen atoms in total. The zero-order valence-corrected chi connectivity index (χ0v) is 12.4. The summed E-state index contributed by atoms with van der Waals surface area (Å²) in [5.74, 6) is -0.441. The quantitative estimate of drug-likeness (QED) is 0.671. The average Bonchev–Trinajstić information content (AvgIpc) is 2.54. The predicted octanol–water partition coefficient (Wildman–Crippen LogP) is 4.43. The van der Waals surface area contributed by atoms with Crippen molar-refractivity contribution in [3.8, 4) is 17.0 Å². The Balaban J connectivity index is 2.34. The third-order valence-electron chi connectivity index (χ3n) is 3.36. The molecule has 0 amide bonds. The highest BCUT2D eigenvalue weighted by molar-refractivity contribution is 6.67. The highest BCUT2D eigenvalue weighted by Gasteiger charge is 2.18. The number of ether oxygens (including phenoxy) is 1. The van der Waals surface area contributed by atoms with Gasteiger partial charge in [0.2, 0.25) is 0 Å². The van der Waals surface area contributed by atoms with Crippen molar-refractivity contribution in [3.05, 3.63) is 59.9 Å². The van der Waals surface area contributed by atoms with Crippen molar-refractivity contribution >= 4 is 27.7 Å². The summed E-state index contributed by atoms with van der Waals surface area (Å²) in [6.07, 6.45) is 0. The molecule has 0 saturated carbocycles. The van der Waals surface area contributed by atoms with Crippen molar-refractivity contribution in [2.45, 2.75) is 0 Å². The Morgan fingerprint density at radius 2 is 1.91 bits per heavy atom. The minimum atomic E-state index is -0.590. The van der Waals surface area contributed by atoms with Crippen molar-refractivity contribution < 1.29 is 13.9 Å². The minimum absolute atomic E-state index is 0.0948. The first-order chi connectivity index (χ1) is 10.6. The third-order valence-corrected chi connectivity index (χ3v) is 3.58. The minimum Gasteiger partial charge on any atom is -0.493 e. The van der Waals surface area contributed by atoms with Crippen LogP contribution in [0.3, 0.4) is 0 Å². The SMILES string of the molecule is COc1c(F)c(-c2ccccc2)nc2cc(C(=O)Cl)ccc12. The molecule has 22 heavy (non-hydrogen) atoms. The van der Waals surface area contributed by atoms with E-state index in [-0.39, 0.29) is 11.4 Å². The maximum Gasteiger partial charge on any atom is 0.252 e. The number of fused-ring (bicyclic) bond motifs is 1. The molecule has 0 atom stereocenters. The summed E-state index contributed by atoms with van der Waals surface area (Å²) < 4.78 is 19.9. The molecule has 0 bridgehead atoms. The summed E-state index contributed by atoms with van der Waals surface area (Å²) in [6, 6.07) is 13.6. The van der Waals surface area contributed by atoms with Crippen molar-refractivity contribution in [1.82, 2.24) is 4.98 Å². The molecule has 0 radical (unpaired) electrons. The maximum atomic E-state index is 14.7. The molecule has 0 aliphatic carbocycles. The highest BCUT2D eigenvalue weighted by atomic mass is 35.5. The fourth-order valence-electron chi connectivity index (χ4n) is 2.32. The summed E-state index contributed by atoms with van der Waals surface area (Å²) >= 11 is 5.49. The van der Waals surface area contributed by atoms with Crippen LogP contribution < -0.4 is 4.74 Å². The molecule has 110 valence electrons. The monoisotopic (exact) mass is 315 g/mol. The average molecular weight is 316 g/mol. The lowest BCUT2D eigenvalue weighted by atomic mass is 10.1. The second kappa shape index (κ2) is 5.73. The van der Waals surface area contributed by atoms with E-state index < -0.39 is 11.1 Å². The first-order valence-corrected chi connectivity index (χ1v) is 6.92. The van der Waals surface area contributed by atoms with E-state index in [9.17, 15) is 9.18 Å². The molecule has 2 aromatic carbocycles. The molecule has 1 aromatic heterocycles. The number of benzene rings is 2. The smallest absolute Gasteiger partial charge is 0.252 e. The number of hydrogen-bond donors (Lipinski definition) is 0. The molecule has 0 unspecified atom stereocenters. The molecule has 3 rings (SSSR count). The lowest BCUT2D eigenvalue weighted by Crippen LogP contribution is -1.98. The van der Waals surface area contributed by atoms with E-state index in [1.165, 1.54) is 19.2 Å². The zero-order chi connectivity index (χ0) is 15.7. The summed E-state index contributed by atoms with van der Waals surface area (Å²) in [5.41, 5.74) is 1.55. The van der Waals surface area contributed by atoms with E-state index in [1.54, 1.807) is 30.3 Å². The Morgan fingerprint density at radius 3 is 2.55 bits per heavy atom. The van der Waals surface area contributed by atoms with E-state index >= 15 is 0 Å². The van der Waals surface area contributed by atoms with Crippen molar-refractivity contribution in [2.24, 2.45) is 0 Å². The van der Waals surface area contributed by atoms with Gasteiger partial charge in [-0.05, 0) is 29.8 Å². The van der Waals surface area contributed by atoms with Crippen LogP contribution in [0.5, 0.6) is 5.75 Å². The van der Waals surface area contributed by atoms with Gasteiger partial charge in [0.1, 0.15) is 5.69 Å². The standard InChI is InChI=1S/C17H11ClFNO2/c1-22-16-12-8-7-11(17(18)21)9-13(12)20-15(14(16)19)10-5-3-2-4-6-10/h2-9H,1H3. The molecule has 1 heterocycles. The predicted molar refractivity (Wildman–Crippen MR) is 83.9 cm³/mol. The number of carbonyl (C=O) groups is 1. The number of nitrogens with zero attached hydrogens (tertiary/aromatic N) is 1. The Morgan fingerprint density at radius 1 is 1.18 bits per heavy atom. The van der Waals surface area contributed by atoms with Crippen molar-refractivity contribution in [1.29, 1.82) is 0 Å². The number of pyridine rings is 1. The highest BCUT2D eigenvalue weighted by Crippen LogP contribution is 2.34.